The van der Waals surface area contributed by atoms with Gasteiger partial charge in [-0.2, -0.15) is 0 Å². The Morgan fingerprint density at radius 2 is 1.72 bits per heavy atom. The van der Waals surface area contributed by atoms with E-state index in [4.69, 9.17) is 10.5 Å². The molecule has 5 N–H and O–H groups in total. The quantitative estimate of drug-likeness (QED) is 0.328. The first-order chi connectivity index (χ1) is 20.4. The zero-order valence-electron chi connectivity index (χ0n) is 24.0. The number of carbonyl (C=O) groups is 5. The number of hydrogen-bond donors (Lipinski definition) is 4. The summed E-state index contributed by atoms with van der Waals surface area (Å²) in [6.07, 6.45) is -0.236. The van der Waals surface area contributed by atoms with Crippen LogP contribution in [0.4, 0.5) is 0 Å². The number of aromatic hydroxyl groups is 1. The predicted octanol–water partition coefficient (Wildman–Crippen LogP) is 2.13. The van der Waals surface area contributed by atoms with Crippen molar-refractivity contribution in [3.05, 3.63) is 59.7 Å². The maximum absolute atomic E-state index is 14.2. The molecule has 222 valence electrons. The average Bonchev–Trinajstić information content (AvgIpc) is 2.98. The lowest BCUT2D eigenvalue weighted by molar-refractivity contribution is -0.194. The van der Waals surface area contributed by atoms with E-state index in [1.165, 1.54) is 0 Å². The number of ether oxygens (including phenoxy) is 1. The first kappa shape index (κ1) is 28.7. The molecule has 6 rings (SSSR count). The number of nitrogens with two attached hydrogens (primary N) is 1. The zero-order chi connectivity index (χ0) is 31.0. The number of nitrogens with one attached hydrogen (secondary N) is 1. The Labute approximate surface area is 247 Å². The number of methoxy groups -OCH3 is 1. The topological polar surface area (TPSA) is 173 Å². The largest absolute Gasteiger partial charge is 0.507 e. The number of carbonyl (C=O) groups excluding carboxylic acids is 5. The fourth-order valence-corrected chi connectivity index (χ4v) is 7.75. The van der Waals surface area contributed by atoms with Gasteiger partial charge >= 0.3 is 0 Å². The lowest BCUT2D eigenvalue weighted by Gasteiger charge is -2.58. The number of rotatable bonds is 5. The molecule has 0 saturated heterocycles. The molecule has 3 aliphatic rings. The van der Waals surface area contributed by atoms with Gasteiger partial charge in [0, 0.05) is 23.3 Å². The monoisotopic (exact) mass is 584 g/mol. The van der Waals surface area contributed by atoms with E-state index >= 15 is 0 Å². The number of phenolic OH excluding ortho intramolecular Hbond substituents is 1. The van der Waals surface area contributed by atoms with E-state index in [1.54, 1.807) is 27.1 Å². The minimum atomic E-state index is -2.80. The Morgan fingerprint density at radius 3 is 2.35 bits per heavy atom. The Morgan fingerprint density at radius 1 is 1.05 bits per heavy atom. The third-order valence-corrected chi connectivity index (χ3v) is 10.1. The Kier molecular flexibility index (Phi) is 6.55. The fraction of sp³-hybridized carbons (Fsp3) is 0.364. The fourth-order valence-electron chi connectivity index (χ4n) is 7.75. The Hall–Kier alpha value is -4.41. The van der Waals surface area contributed by atoms with Crippen molar-refractivity contribution < 1.29 is 38.9 Å². The maximum Gasteiger partial charge on any atom is 0.235 e. The summed E-state index contributed by atoms with van der Waals surface area (Å²) in [4.78, 5) is 67.2. The smallest absolute Gasteiger partial charge is 0.235 e. The number of Topliss-reactive ketones (excluding diaryl/α,β-unsaturated/α-hetero) is 4. The summed E-state index contributed by atoms with van der Waals surface area (Å²) in [6, 6.07) is 14.0. The normalized spacial score (nSPS) is 29.1. The van der Waals surface area contributed by atoms with Crippen LogP contribution in [0.2, 0.25) is 0 Å². The van der Waals surface area contributed by atoms with Crippen molar-refractivity contribution >= 4 is 39.8 Å². The van der Waals surface area contributed by atoms with Crippen molar-refractivity contribution in [2.45, 2.75) is 37.8 Å². The number of primary amides is 1. The number of hydrogen-bond acceptors (Lipinski definition) is 9. The van der Waals surface area contributed by atoms with E-state index in [0.29, 0.717) is 22.1 Å². The third-order valence-electron chi connectivity index (χ3n) is 10.1. The molecular formula is C33H32N2O8. The highest BCUT2D eigenvalue weighted by Gasteiger charge is 2.73. The molecule has 1 amide bonds. The van der Waals surface area contributed by atoms with Crippen LogP contribution in [0.1, 0.15) is 35.7 Å². The molecule has 0 radical (unpaired) electrons. The van der Waals surface area contributed by atoms with Crippen molar-refractivity contribution in [2.24, 2.45) is 28.9 Å². The lowest BCUT2D eigenvalue weighted by Crippen LogP contribution is -2.76. The van der Waals surface area contributed by atoms with Crippen LogP contribution < -0.4 is 15.8 Å². The molecule has 43 heavy (non-hydrogen) atoms. The first-order valence-electron chi connectivity index (χ1n) is 14.2. The van der Waals surface area contributed by atoms with E-state index in [2.05, 4.69) is 5.32 Å². The second kappa shape index (κ2) is 9.82. The van der Waals surface area contributed by atoms with Crippen LogP contribution >= 0.6 is 0 Å². The first-order valence-corrected chi connectivity index (χ1v) is 14.2. The van der Waals surface area contributed by atoms with E-state index in [1.807, 2.05) is 42.5 Å². The summed E-state index contributed by atoms with van der Waals surface area (Å²) in [7, 11) is 3.15. The van der Waals surface area contributed by atoms with Gasteiger partial charge in [0.15, 0.2) is 34.7 Å². The molecule has 2 fully saturated rings. The number of amides is 1. The summed E-state index contributed by atoms with van der Waals surface area (Å²) in [5.74, 6) is -8.73. The van der Waals surface area contributed by atoms with Gasteiger partial charge in [-0.15, -0.1) is 0 Å². The van der Waals surface area contributed by atoms with E-state index < -0.39 is 70.3 Å². The Balaban J connectivity index is 1.48. The highest BCUT2D eigenvalue weighted by molar-refractivity contribution is 6.32. The van der Waals surface area contributed by atoms with E-state index in [-0.39, 0.29) is 24.2 Å². The highest BCUT2D eigenvalue weighted by atomic mass is 16.5. The molecule has 0 aromatic heterocycles. The molecule has 0 spiro atoms. The summed E-state index contributed by atoms with van der Waals surface area (Å²) < 4.78 is 5.23. The van der Waals surface area contributed by atoms with Gasteiger partial charge in [0.25, 0.3) is 0 Å². The Bertz CT molecular complexity index is 1750. The van der Waals surface area contributed by atoms with Crippen molar-refractivity contribution in [2.75, 3.05) is 14.2 Å². The SMILES string of the molecule is CNC(C)C12CC(=O)C(C(N)=O)C(=O)C1(O)C(=O)C1C(=O)c3c(cc4ccc(-c5ccc(OC)cc5)cc4c3O)CC1C2. The number of benzene rings is 3. The summed E-state index contributed by atoms with van der Waals surface area (Å²) in [6.45, 7) is 1.65. The van der Waals surface area contributed by atoms with Crippen LogP contribution in [-0.4, -0.2) is 65.1 Å². The van der Waals surface area contributed by atoms with E-state index in [9.17, 15) is 34.2 Å². The summed E-state index contributed by atoms with van der Waals surface area (Å²) in [5, 5.41) is 27.6. The minimum absolute atomic E-state index is 0.00867. The summed E-state index contributed by atoms with van der Waals surface area (Å²) >= 11 is 0. The number of ketones is 4. The van der Waals surface area contributed by atoms with Gasteiger partial charge < -0.3 is 26.0 Å². The minimum Gasteiger partial charge on any atom is -0.507 e. The maximum atomic E-state index is 14.2. The van der Waals surface area contributed by atoms with Gasteiger partial charge in [0.1, 0.15) is 11.5 Å². The molecule has 2 saturated carbocycles. The predicted molar refractivity (Wildman–Crippen MR) is 155 cm³/mol. The molecule has 10 heteroatoms. The second-order valence-corrected chi connectivity index (χ2v) is 12.0. The molecule has 0 bridgehead atoms. The molecular weight excluding hydrogens is 552 g/mol. The van der Waals surface area contributed by atoms with Crippen LogP contribution in [0.25, 0.3) is 21.9 Å². The summed E-state index contributed by atoms with van der Waals surface area (Å²) in [5.41, 5.74) is 3.13. The van der Waals surface area contributed by atoms with Crippen LogP contribution in [0.5, 0.6) is 11.5 Å². The lowest BCUT2D eigenvalue weighted by atomic mass is 9.45. The van der Waals surface area contributed by atoms with Crippen LogP contribution in [0.3, 0.4) is 0 Å². The molecule has 3 aliphatic carbocycles. The van der Waals surface area contributed by atoms with Gasteiger partial charge in [-0.25, -0.2) is 0 Å². The number of fused-ring (bicyclic) bond motifs is 4. The average molecular weight is 585 g/mol. The highest BCUT2D eigenvalue weighted by Crippen LogP contribution is 2.58. The standard InChI is InChI=1S/C33H32N2O8/c1-15(35-2)32-13-20-11-19-10-18-5-4-17(16-6-8-21(43-3)9-7-16)12-22(18)27(37)24(19)28(38)25(20)29(39)33(32,42)30(40)26(31(34)41)23(36)14-32/h4-10,12,15,20,25-26,35,37,42H,11,13-14H2,1-3H3,(H2,34,41). The van der Waals surface area contributed by atoms with Crippen molar-refractivity contribution in [3.63, 3.8) is 0 Å². The third kappa shape index (κ3) is 3.82. The molecule has 0 heterocycles. The van der Waals surface area contributed by atoms with Crippen LogP contribution in [-0.2, 0) is 25.6 Å². The van der Waals surface area contributed by atoms with Crippen molar-refractivity contribution in [1.29, 1.82) is 0 Å². The molecule has 10 nitrogen and oxygen atoms in total. The van der Waals surface area contributed by atoms with Crippen LogP contribution in [0.15, 0.2) is 48.5 Å². The molecule has 0 aliphatic heterocycles. The molecule has 3 aromatic rings. The number of phenols is 1. The van der Waals surface area contributed by atoms with Gasteiger partial charge in [0.2, 0.25) is 5.91 Å². The zero-order valence-corrected chi connectivity index (χ0v) is 24.0. The molecule has 3 aromatic carbocycles. The van der Waals surface area contributed by atoms with E-state index in [0.717, 1.165) is 11.1 Å². The van der Waals surface area contributed by atoms with Gasteiger partial charge in [-0.3, -0.25) is 24.0 Å². The second-order valence-electron chi connectivity index (χ2n) is 12.0. The van der Waals surface area contributed by atoms with Gasteiger partial charge in [-0.05, 0) is 73.0 Å². The van der Waals surface area contributed by atoms with Gasteiger partial charge in [-0.1, -0.05) is 30.3 Å². The molecule has 6 atom stereocenters. The number of aliphatic hydroxyl groups is 1. The molecule has 6 unspecified atom stereocenters. The van der Waals surface area contributed by atoms with Crippen LogP contribution in [0, 0.1) is 23.2 Å². The van der Waals surface area contributed by atoms with Crippen molar-refractivity contribution in [1.82, 2.24) is 5.32 Å². The van der Waals surface area contributed by atoms with Crippen molar-refractivity contribution in [3.8, 4) is 22.6 Å². The van der Waals surface area contributed by atoms with Gasteiger partial charge in [0.05, 0.1) is 18.6 Å².